The molecule has 2 aromatic heterocycles. The van der Waals surface area contributed by atoms with Gasteiger partial charge in [-0.3, -0.25) is 15.2 Å². The van der Waals surface area contributed by atoms with E-state index in [4.69, 9.17) is 5.73 Å². The molecule has 19 heavy (non-hydrogen) atoms. The molecule has 7 heteroatoms. The van der Waals surface area contributed by atoms with Gasteiger partial charge in [0.15, 0.2) is 5.82 Å². The molecule has 0 spiro atoms. The molecule has 0 bridgehead atoms. The van der Waals surface area contributed by atoms with Gasteiger partial charge >= 0.3 is 0 Å². The van der Waals surface area contributed by atoms with Crippen molar-refractivity contribution >= 4 is 18.0 Å². The fourth-order valence-corrected chi connectivity index (χ4v) is 1.72. The molecule has 0 saturated heterocycles. The van der Waals surface area contributed by atoms with Crippen LogP contribution >= 0.6 is 0 Å². The molecule has 0 saturated carbocycles. The number of H-pyrrole nitrogens is 1. The number of hydrogen-bond acceptors (Lipinski definition) is 5. The van der Waals surface area contributed by atoms with Crippen molar-refractivity contribution < 1.29 is 0 Å². The predicted molar refractivity (Wildman–Crippen MR) is 75.4 cm³/mol. The monoisotopic (exact) mass is 260 g/mol. The van der Waals surface area contributed by atoms with Crippen LogP contribution < -0.4 is 16.7 Å². The number of rotatable bonds is 3. The standard InChI is InChI=1S/C12H16N6O/c1-7-4-9(8(2)18(7)3)6-14-17-10-5-11(19)16-12(13)15-10/h4-6H,1-3H3,(H4,13,15,16,17,19). The highest BCUT2D eigenvalue weighted by Crippen LogP contribution is 2.10. The number of aromatic nitrogens is 3. The highest BCUT2D eigenvalue weighted by atomic mass is 16.1. The molecule has 0 fully saturated rings. The Bertz CT molecular complexity index is 682. The minimum Gasteiger partial charge on any atom is -0.369 e. The van der Waals surface area contributed by atoms with Crippen molar-refractivity contribution in [3.05, 3.63) is 39.4 Å². The largest absolute Gasteiger partial charge is 0.369 e. The first kappa shape index (κ1) is 12.9. The molecule has 4 N–H and O–H groups in total. The Morgan fingerprint density at radius 1 is 1.47 bits per heavy atom. The molecule has 0 atom stereocenters. The van der Waals surface area contributed by atoms with Gasteiger partial charge in [0.25, 0.3) is 5.56 Å². The summed E-state index contributed by atoms with van der Waals surface area (Å²) in [7, 11) is 1.99. The van der Waals surface area contributed by atoms with Crippen LogP contribution in [0.5, 0.6) is 0 Å². The second-order valence-electron chi connectivity index (χ2n) is 4.27. The third kappa shape index (κ3) is 2.82. The first-order chi connectivity index (χ1) is 8.97. The molecule has 7 nitrogen and oxygen atoms in total. The lowest BCUT2D eigenvalue weighted by molar-refractivity contribution is 0.843. The maximum absolute atomic E-state index is 11.2. The van der Waals surface area contributed by atoms with Crippen molar-refractivity contribution in [3.8, 4) is 0 Å². The van der Waals surface area contributed by atoms with Gasteiger partial charge in [0.05, 0.1) is 6.21 Å². The molecular formula is C12H16N6O. The summed E-state index contributed by atoms with van der Waals surface area (Å²) < 4.78 is 2.07. The number of hydrogen-bond donors (Lipinski definition) is 3. The maximum Gasteiger partial charge on any atom is 0.254 e. The minimum atomic E-state index is -0.322. The van der Waals surface area contributed by atoms with Gasteiger partial charge in [0.2, 0.25) is 5.95 Å². The topological polar surface area (TPSA) is 101 Å². The lowest BCUT2D eigenvalue weighted by Crippen LogP contribution is -2.11. The zero-order chi connectivity index (χ0) is 14.0. The average Bonchev–Trinajstić information content (AvgIpc) is 2.56. The van der Waals surface area contributed by atoms with Gasteiger partial charge in [-0.25, -0.2) is 0 Å². The van der Waals surface area contributed by atoms with Crippen LogP contribution in [0.2, 0.25) is 0 Å². The summed E-state index contributed by atoms with van der Waals surface area (Å²) in [6.07, 6.45) is 1.68. The van der Waals surface area contributed by atoms with Crippen LogP contribution in [0, 0.1) is 13.8 Å². The predicted octanol–water partition coefficient (Wildman–Crippen LogP) is 0.753. The van der Waals surface area contributed by atoms with Crippen LogP contribution in [0.1, 0.15) is 17.0 Å². The molecule has 0 aliphatic carbocycles. The Kier molecular flexibility index (Phi) is 3.37. The zero-order valence-corrected chi connectivity index (χ0v) is 11.1. The number of nitrogen functional groups attached to an aromatic ring is 1. The number of aryl methyl sites for hydroxylation is 1. The van der Waals surface area contributed by atoms with Crippen molar-refractivity contribution in [2.75, 3.05) is 11.2 Å². The molecule has 0 aliphatic rings. The van der Waals surface area contributed by atoms with E-state index < -0.39 is 0 Å². The second kappa shape index (κ2) is 4.97. The van der Waals surface area contributed by atoms with E-state index in [1.807, 2.05) is 27.0 Å². The molecule has 0 aliphatic heterocycles. The van der Waals surface area contributed by atoms with Gasteiger partial charge in [-0.1, -0.05) is 0 Å². The van der Waals surface area contributed by atoms with Crippen LogP contribution in [0.4, 0.5) is 11.8 Å². The Morgan fingerprint density at radius 2 is 2.21 bits per heavy atom. The van der Waals surface area contributed by atoms with E-state index in [0.29, 0.717) is 5.82 Å². The summed E-state index contributed by atoms with van der Waals surface area (Å²) in [6.45, 7) is 4.04. The summed E-state index contributed by atoms with van der Waals surface area (Å²) >= 11 is 0. The van der Waals surface area contributed by atoms with Gasteiger partial charge in [-0.05, 0) is 19.9 Å². The number of aromatic amines is 1. The Morgan fingerprint density at radius 3 is 2.79 bits per heavy atom. The molecule has 2 heterocycles. The van der Waals surface area contributed by atoms with Crippen molar-refractivity contribution in [3.63, 3.8) is 0 Å². The van der Waals surface area contributed by atoms with Crippen molar-refractivity contribution in [1.82, 2.24) is 14.5 Å². The molecule has 2 rings (SSSR count). The molecular weight excluding hydrogens is 244 g/mol. The van der Waals surface area contributed by atoms with Gasteiger partial charge in [0.1, 0.15) is 0 Å². The lowest BCUT2D eigenvalue weighted by atomic mass is 10.3. The fraction of sp³-hybridized carbons (Fsp3) is 0.250. The number of nitrogens with zero attached hydrogens (tertiary/aromatic N) is 3. The average molecular weight is 260 g/mol. The number of nitrogens with two attached hydrogens (primary N) is 1. The van der Waals surface area contributed by atoms with Crippen molar-refractivity contribution in [2.45, 2.75) is 13.8 Å². The summed E-state index contributed by atoms with van der Waals surface area (Å²) in [5.74, 6) is 0.361. The van der Waals surface area contributed by atoms with E-state index in [9.17, 15) is 4.79 Å². The quantitative estimate of drug-likeness (QED) is 0.560. The van der Waals surface area contributed by atoms with E-state index in [1.165, 1.54) is 6.07 Å². The minimum absolute atomic E-state index is 0.0527. The first-order valence-electron chi connectivity index (χ1n) is 5.76. The van der Waals surface area contributed by atoms with Gasteiger partial charge in [0, 0.05) is 30.1 Å². The van der Waals surface area contributed by atoms with Crippen molar-refractivity contribution in [1.29, 1.82) is 0 Å². The summed E-state index contributed by atoms with van der Waals surface area (Å²) in [5, 5.41) is 4.05. The highest BCUT2D eigenvalue weighted by Gasteiger charge is 2.03. The Balaban J connectivity index is 2.15. The molecule has 0 amide bonds. The Labute approximate surface area is 110 Å². The third-order valence-corrected chi connectivity index (χ3v) is 2.96. The number of anilines is 2. The maximum atomic E-state index is 11.2. The smallest absolute Gasteiger partial charge is 0.254 e. The van der Waals surface area contributed by atoms with Crippen molar-refractivity contribution in [2.24, 2.45) is 12.1 Å². The SMILES string of the molecule is Cc1cc(C=NNc2cc(=O)[nH]c(N)n2)c(C)n1C. The van der Waals surface area contributed by atoms with Crippen LogP contribution in [0.25, 0.3) is 0 Å². The fourth-order valence-electron chi connectivity index (χ4n) is 1.72. The number of nitrogens with one attached hydrogen (secondary N) is 2. The first-order valence-corrected chi connectivity index (χ1v) is 5.76. The second-order valence-corrected chi connectivity index (χ2v) is 4.27. The molecule has 100 valence electrons. The summed E-state index contributed by atoms with van der Waals surface area (Å²) in [4.78, 5) is 17.4. The molecule has 0 aromatic carbocycles. The van der Waals surface area contributed by atoms with Gasteiger partial charge < -0.3 is 10.3 Å². The van der Waals surface area contributed by atoms with E-state index in [-0.39, 0.29) is 11.5 Å². The van der Waals surface area contributed by atoms with E-state index in [2.05, 4.69) is 25.1 Å². The normalized spacial score (nSPS) is 11.1. The molecule has 0 radical (unpaired) electrons. The van der Waals surface area contributed by atoms with E-state index >= 15 is 0 Å². The molecule has 0 unspecified atom stereocenters. The molecule has 2 aromatic rings. The van der Waals surface area contributed by atoms with Crippen LogP contribution in [-0.2, 0) is 7.05 Å². The van der Waals surface area contributed by atoms with Gasteiger partial charge in [-0.2, -0.15) is 10.1 Å². The summed E-state index contributed by atoms with van der Waals surface area (Å²) in [5.41, 5.74) is 11.1. The highest BCUT2D eigenvalue weighted by molar-refractivity contribution is 5.82. The van der Waals surface area contributed by atoms with E-state index in [1.54, 1.807) is 6.21 Å². The van der Waals surface area contributed by atoms with Crippen LogP contribution in [-0.4, -0.2) is 20.7 Å². The van der Waals surface area contributed by atoms with Crippen LogP contribution in [0.3, 0.4) is 0 Å². The van der Waals surface area contributed by atoms with Gasteiger partial charge in [-0.15, -0.1) is 0 Å². The lowest BCUT2D eigenvalue weighted by Gasteiger charge is -2.00. The Hall–Kier alpha value is -2.57. The number of hydrazone groups is 1. The van der Waals surface area contributed by atoms with E-state index in [0.717, 1.165) is 17.0 Å². The zero-order valence-electron chi connectivity index (χ0n) is 11.1. The third-order valence-electron chi connectivity index (χ3n) is 2.96. The van der Waals surface area contributed by atoms with Crippen LogP contribution in [0.15, 0.2) is 22.0 Å². The summed E-state index contributed by atoms with van der Waals surface area (Å²) in [6, 6.07) is 3.32.